The predicted octanol–water partition coefficient (Wildman–Crippen LogP) is 2.29. The average molecular weight is 468 g/mol. The number of pyridine rings is 1. The zero-order chi connectivity index (χ0) is 24.5. The van der Waals surface area contributed by atoms with Gasteiger partial charge >= 0.3 is 0 Å². The van der Waals surface area contributed by atoms with Crippen molar-refractivity contribution in [2.45, 2.75) is 46.8 Å². The Morgan fingerprint density at radius 1 is 1.26 bits per heavy atom. The van der Waals surface area contributed by atoms with Gasteiger partial charge < -0.3 is 25.8 Å². The summed E-state index contributed by atoms with van der Waals surface area (Å²) in [5.74, 6) is 1.20. The van der Waals surface area contributed by atoms with E-state index in [1.54, 1.807) is 6.20 Å². The van der Waals surface area contributed by atoms with E-state index < -0.39 is 6.17 Å². The lowest BCUT2D eigenvalue weighted by molar-refractivity contribution is -0.125. The van der Waals surface area contributed by atoms with Gasteiger partial charge in [0.05, 0.1) is 6.20 Å². The first kappa shape index (κ1) is 23.5. The zero-order valence-corrected chi connectivity index (χ0v) is 19.9. The van der Waals surface area contributed by atoms with Gasteiger partial charge in [-0.1, -0.05) is 6.92 Å². The third kappa shape index (κ3) is 3.95. The molecule has 2 unspecified atom stereocenters. The Balaban J connectivity index is 2.00. The number of anilines is 1. The maximum Gasteiger partial charge on any atom is 0.299 e. The van der Waals surface area contributed by atoms with Crippen LogP contribution in [-0.2, 0) is 16.1 Å². The number of nitrogens with two attached hydrogens (primary N) is 1. The molecule has 2 aromatic rings. The number of aryl methyl sites for hydroxylation is 1. The number of carbonyl (C=O) groups excluding carboxylic acids is 2. The number of quaternary nitrogens is 1. The summed E-state index contributed by atoms with van der Waals surface area (Å²) < 4.78 is 11.2. The Morgan fingerprint density at radius 2 is 2.03 bits per heavy atom. The van der Waals surface area contributed by atoms with E-state index in [-0.39, 0.29) is 23.1 Å². The van der Waals surface area contributed by atoms with Gasteiger partial charge in [-0.15, -0.1) is 0 Å². The maximum absolute atomic E-state index is 13.3. The van der Waals surface area contributed by atoms with Crippen LogP contribution in [0.25, 0.3) is 0 Å². The van der Waals surface area contributed by atoms with Crippen molar-refractivity contribution in [1.82, 2.24) is 25.4 Å². The monoisotopic (exact) mass is 467 g/mol. The highest BCUT2D eigenvalue weighted by molar-refractivity contribution is 5.91. The van der Waals surface area contributed by atoms with Gasteiger partial charge in [-0.2, -0.15) is 0 Å². The van der Waals surface area contributed by atoms with Gasteiger partial charge in [0.2, 0.25) is 18.9 Å². The number of hydrogen-bond acceptors (Lipinski definition) is 7. The number of amides is 2. The molecule has 0 radical (unpaired) electrons. The Bertz CT molecular complexity index is 1160. The Labute approximate surface area is 198 Å². The van der Waals surface area contributed by atoms with Crippen molar-refractivity contribution >= 4 is 29.0 Å². The number of fused-ring (bicyclic) bond motifs is 1. The lowest BCUT2D eigenvalue weighted by Crippen LogP contribution is -2.66. The Hall–Kier alpha value is -3.63. The van der Waals surface area contributed by atoms with E-state index in [1.807, 2.05) is 45.0 Å². The summed E-state index contributed by atoms with van der Waals surface area (Å²) in [6.45, 7) is 8.35. The number of benzene rings is 1. The highest BCUT2D eigenvalue weighted by Gasteiger charge is 2.52. The van der Waals surface area contributed by atoms with Crippen LogP contribution in [0.15, 0.2) is 36.2 Å². The molecule has 10 nitrogen and oxygen atoms in total. The van der Waals surface area contributed by atoms with Gasteiger partial charge in [-0.3, -0.25) is 14.9 Å². The number of carbonyl (C=O) groups is 2. The lowest BCUT2D eigenvalue weighted by Gasteiger charge is -2.45. The smallest absolute Gasteiger partial charge is 0.299 e. The summed E-state index contributed by atoms with van der Waals surface area (Å²) in [6, 6.07) is 7.56. The third-order valence-electron chi connectivity index (χ3n) is 6.20. The van der Waals surface area contributed by atoms with E-state index in [2.05, 4.69) is 20.9 Å². The first-order chi connectivity index (χ1) is 16.3. The molecule has 5 N–H and O–H groups in total. The van der Waals surface area contributed by atoms with Crippen molar-refractivity contribution in [2.24, 2.45) is 0 Å². The van der Waals surface area contributed by atoms with Crippen LogP contribution in [0, 0.1) is 6.92 Å². The largest absolute Gasteiger partial charge is 0.454 e. The standard InChI is InChI=1S/C24H30N6O4/c1-5-8-26-23-24(32)28-11-14(2)30(23,18-6-7-20-21(10-18)34-13-33-20)19-9-17(12-27-16(4)31)15(3)29-22(19)25/h6-7,9-11,23,26H,5,8,12-13H2,1-4H3,(H3-,25,27,28,29,31,32)/p+1. The fourth-order valence-corrected chi connectivity index (χ4v) is 4.51. The molecular weight excluding hydrogens is 436 g/mol. The number of nitrogens with one attached hydrogen (secondary N) is 3. The van der Waals surface area contributed by atoms with E-state index >= 15 is 0 Å². The number of rotatable bonds is 7. The molecule has 1 aromatic carbocycles. The molecule has 0 spiro atoms. The molecule has 2 atom stereocenters. The number of hydrogen-bond donors (Lipinski definition) is 4. The third-order valence-corrected chi connectivity index (χ3v) is 6.20. The minimum Gasteiger partial charge on any atom is -0.454 e. The van der Waals surface area contributed by atoms with Crippen LogP contribution in [0.1, 0.15) is 38.4 Å². The van der Waals surface area contributed by atoms with Gasteiger partial charge in [0, 0.05) is 50.8 Å². The second-order valence-electron chi connectivity index (χ2n) is 8.46. The number of nitrogen functional groups attached to an aromatic ring is 1. The second-order valence-corrected chi connectivity index (χ2v) is 8.46. The molecule has 2 amide bonds. The molecule has 4 rings (SSSR count). The van der Waals surface area contributed by atoms with Crippen molar-refractivity contribution in [3.8, 4) is 11.5 Å². The number of nitrogens with zero attached hydrogens (tertiary/aromatic N) is 2. The van der Waals surface area contributed by atoms with Gasteiger partial charge in [0.15, 0.2) is 23.0 Å². The molecule has 1 aromatic heterocycles. The van der Waals surface area contributed by atoms with Gasteiger partial charge in [0.1, 0.15) is 11.4 Å². The molecule has 180 valence electrons. The van der Waals surface area contributed by atoms with Crippen molar-refractivity contribution in [3.63, 3.8) is 0 Å². The summed E-state index contributed by atoms with van der Waals surface area (Å²) in [7, 11) is 0. The average Bonchev–Trinajstić information content (AvgIpc) is 3.27. The van der Waals surface area contributed by atoms with Gasteiger partial charge in [-0.05, 0) is 25.0 Å². The molecule has 0 saturated carbocycles. The van der Waals surface area contributed by atoms with Gasteiger partial charge in [0.25, 0.3) is 5.91 Å². The van der Waals surface area contributed by atoms with Crippen LogP contribution in [0.2, 0.25) is 0 Å². The fraction of sp³-hybridized carbons (Fsp3) is 0.375. The van der Waals surface area contributed by atoms with Gasteiger partial charge in [-0.25, -0.2) is 9.47 Å². The molecular formula is C24H31N6O4+. The highest BCUT2D eigenvalue weighted by atomic mass is 16.7. The zero-order valence-electron chi connectivity index (χ0n) is 19.9. The van der Waals surface area contributed by atoms with Crippen molar-refractivity contribution in [1.29, 1.82) is 0 Å². The van der Waals surface area contributed by atoms with E-state index in [0.717, 1.165) is 23.4 Å². The normalized spacial score (nSPS) is 21.1. The summed E-state index contributed by atoms with van der Waals surface area (Å²) >= 11 is 0. The molecule has 3 heterocycles. The SMILES string of the molecule is CCCNC1C(=O)NC=C(C)[N+]1(c1ccc2c(c1)OCO2)c1cc(CNC(C)=O)c(C)nc1N. The first-order valence-corrected chi connectivity index (χ1v) is 11.3. The maximum atomic E-state index is 13.3. The van der Waals surface area contributed by atoms with Crippen molar-refractivity contribution in [2.75, 3.05) is 19.1 Å². The molecule has 0 bridgehead atoms. The summed E-state index contributed by atoms with van der Waals surface area (Å²) in [4.78, 5) is 29.5. The first-order valence-electron chi connectivity index (χ1n) is 11.3. The van der Waals surface area contributed by atoms with Crippen molar-refractivity contribution < 1.29 is 19.1 Å². The second kappa shape index (κ2) is 9.32. The lowest BCUT2D eigenvalue weighted by atomic mass is 10.0. The quantitative estimate of drug-likeness (QED) is 0.460. The van der Waals surface area contributed by atoms with Crippen LogP contribution in [-0.4, -0.2) is 36.3 Å². The van der Waals surface area contributed by atoms with Crippen LogP contribution in [0.5, 0.6) is 11.5 Å². The Morgan fingerprint density at radius 3 is 2.76 bits per heavy atom. The van der Waals surface area contributed by atoms with Crippen LogP contribution >= 0.6 is 0 Å². The fourth-order valence-electron chi connectivity index (χ4n) is 4.51. The molecule has 0 fully saturated rings. The Kier molecular flexibility index (Phi) is 6.45. The number of allylic oxidation sites excluding steroid dienone is 1. The molecule has 2 aliphatic rings. The number of aromatic nitrogens is 1. The van der Waals surface area contributed by atoms with E-state index in [0.29, 0.717) is 41.8 Å². The van der Waals surface area contributed by atoms with Crippen LogP contribution in [0.4, 0.5) is 17.2 Å². The topological polar surface area (TPSA) is 128 Å². The highest BCUT2D eigenvalue weighted by Crippen LogP contribution is 2.48. The molecule has 10 heteroatoms. The van der Waals surface area contributed by atoms with Crippen LogP contribution < -0.4 is 35.6 Å². The van der Waals surface area contributed by atoms with Crippen molar-refractivity contribution in [3.05, 3.63) is 47.4 Å². The summed E-state index contributed by atoms with van der Waals surface area (Å²) in [5.41, 5.74) is 10.3. The molecule has 34 heavy (non-hydrogen) atoms. The molecule has 0 aliphatic carbocycles. The summed E-state index contributed by atoms with van der Waals surface area (Å²) in [5, 5.41) is 9.11. The van der Waals surface area contributed by atoms with E-state index in [9.17, 15) is 9.59 Å². The molecule has 0 saturated heterocycles. The molecule has 2 aliphatic heterocycles. The number of ether oxygens (including phenoxy) is 2. The minimum absolute atomic E-state index is 0.0192. The predicted molar refractivity (Wildman–Crippen MR) is 129 cm³/mol. The van der Waals surface area contributed by atoms with E-state index in [1.165, 1.54) is 6.92 Å². The minimum atomic E-state index is -0.717. The van der Waals surface area contributed by atoms with E-state index in [4.69, 9.17) is 15.2 Å². The summed E-state index contributed by atoms with van der Waals surface area (Å²) in [6.07, 6.45) is 1.82. The van der Waals surface area contributed by atoms with Crippen LogP contribution in [0.3, 0.4) is 0 Å².